The minimum atomic E-state index is -0.428. The summed E-state index contributed by atoms with van der Waals surface area (Å²) in [6, 6.07) is 14.3. The van der Waals surface area contributed by atoms with Crippen LogP contribution in [0.15, 0.2) is 58.5 Å². The maximum absolute atomic E-state index is 14.2. The van der Waals surface area contributed by atoms with Crippen LogP contribution in [0.1, 0.15) is 136 Å². The molecule has 4 amide bonds. The van der Waals surface area contributed by atoms with Crippen molar-refractivity contribution in [3.63, 3.8) is 0 Å². The summed E-state index contributed by atoms with van der Waals surface area (Å²) in [6.07, 6.45) is 5.06. The lowest BCUT2D eigenvalue weighted by molar-refractivity contribution is -0.117. The number of nitrogens with one attached hydrogen (secondary N) is 4. The summed E-state index contributed by atoms with van der Waals surface area (Å²) in [5, 5.41) is 12.4. The van der Waals surface area contributed by atoms with Gasteiger partial charge in [0.2, 0.25) is 11.8 Å². The van der Waals surface area contributed by atoms with E-state index in [4.69, 9.17) is 34.4 Å². The summed E-state index contributed by atoms with van der Waals surface area (Å²) in [7, 11) is 0. The smallest absolute Gasteiger partial charge is 0.255 e. The quantitative estimate of drug-likeness (QED) is 0.0281. The number of anilines is 4. The lowest BCUT2D eigenvalue weighted by Gasteiger charge is -2.25. The topological polar surface area (TPSA) is 297 Å². The Morgan fingerprint density at radius 1 is 0.562 bits per heavy atom. The molecular weight excluding hydrogens is 829 g/mol. The molecule has 17 heteroatoms. The molecule has 64 heavy (non-hydrogen) atoms. The van der Waals surface area contributed by atoms with E-state index < -0.39 is 11.8 Å². The highest BCUT2D eigenvalue weighted by Gasteiger charge is 2.24. The van der Waals surface area contributed by atoms with Crippen LogP contribution in [0.3, 0.4) is 0 Å². The van der Waals surface area contributed by atoms with Gasteiger partial charge in [-0.1, -0.05) is 47.6 Å². The number of guanidine groups is 2. The third-order valence-corrected chi connectivity index (χ3v) is 11.3. The molecule has 0 aromatic heterocycles. The highest BCUT2D eigenvalue weighted by molar-refractivity contribution is 7.98. The number of nitrogens with zero attached hydrogens (tertiary/aromatic N) is 2. The van der Waals surface area contributed by atoms with Gasteiger partial charge in [0.25, 0.3) is 11.8 Å². The normalized spacial score (nSPS) is 11.4. The van der Waals surface area contributed by atoms with Gasteiger partial charge in [-0.3, -0.25) is 29.2 Å². The predicted molar refractivity (Wildman–Crippen MR) is 266 cm³/mol. The number of carbonyl (C=O) groups is 4. The third kappa shape index (κ3) is 17.8. The van der Waals surface area contributed by atoms with Crippen LogP contribution in [0, 0.1) is 0 Å². The Labute approximate surface area is 383 Å². The van der Waals surface area contributed by atoms with Gasteiger partial charge in [-0.15, -0.1) is 0 Å². The van der Waals surface area contributed by atoms with Crippen molar-refractivity contribution in [2.24, 2.45) is 44.4 Å². The van der Waals surface area contributed by atoms with E-state index in [2.05, 4.69) is 72.8 Å². The molecule has 0 aliphatic heterocycles. The summed E-state index contributed by atoms with van der Waals surface area (Å²) in [5.74, 6) is 0.000409. The lowest BCUT2D eigenvalue weighted by Crippen LogP contribution is -2.23. The second-order valence-electron chi connectivity index (χ2n) is 17.8. The summed E-state index contributed by atoms with van der Waals surface area (Å²) in [5.41, 5.74) is 39.0. The zero-order valence-corrected chi connectivity index (χ0v) is 39.4. The molecule has 3 aromatic rings. The molecule has 350 valence electrons. The first-order valence-corrected chi connectivity index (χ1v) is 23.1. The largest absolute Gasteiger partial charge is 0.370 e. The number of unbranched alkanes of at least 4 members (excludes halogenated alkanes) is 3. The molecule has 0 atom stereocenters. The second-order valence-corrected chi connectivity index (χ2v) is 18.9. The second kappa shape index (κ2) is 25.6. The van der Waals surface area contributed by atoms with E-state index in [0.29, 0.717) is 92.5 Å². The average molecular weight is 901 g/mol. The summed E-state index contributed by atoms with van der Waals surface area (Å²) in [6.45, 7) is 14.2. The predicted octanol–water partition coefficient (Wildman–Crippen LogP) is 6.02. The summed E-state index contributed by atoms with van der Waals surface area (Å²) >= 11 is 1.59. The summed E-state index contributed by atoms with van der Waals surface area (Å²) < 4.78 is 0. The maximum Gasteiger partial charge on any atom is 0.255 e. The Bertz CT molecular complexity index is 1970. The minimum absolute atomic E-state index is 0.0143. The fraction of sp³-hybridized carbons (Fsp3) is 0.489. The fourth-order valence-corrected chi connectivity index (χ4v) is 7.44. The Balaban J connectivity index is 1.98. The number of amides is 4. The van der Waals surface area contributed by atoms with Gasteiger partial charge in [-0.2, -0.15) is 11.8 Å². The van der Waals surface area contributed by atoms with Crippen molar-refractivity contribution in [2.75, 3.05) is 53.2 Å². The molecular formula is C47H72N12O4S. The van der Waals surface area contributed by atoms with Crippen molar-refractivity contribution < 1.29 is 19.2 Å². The molecule has 0 heterocycles. The van der Waals surface area contributed by atoms with Gasteiger partial charge < -0.3 is 55.7 Å². The minimum Gasteiger partial charge on any atom is -0.370 e. The van der Waals surface area contributed by atoms with Crippen molar-refractivity contribution in [3.8, 4) is 0 Å². The molecule has 0 bridgehead atoms. The van der Waals surface area contributed by atoms with Crippen LogP contribution in [0.4, 0.5) is 22.7 Å². The van der Waals surface area contributed by atoms with Crippen molar-refractivity contribution in [1.29, 1.82) is 0 Å². The molecule has 16 N–H and O–H groups in total. The van der Waals surface area contributed by atoms with Gasteiger partial charge in [-0.25, -0.2) is 0 Å². The Morgan fingerprint density at radius 2 is 1.00 bits per heavy atom. The number of rotatable bonds is 24. The first kappa shape index (κ1) is 52.7. The number of aliphatic imine (C=N–C) groups is 2. The van der Waals surface area contributed by atoms with E-state index in [1.54, 1.807) is 36.0 Å². The first-order chi connectivity index (χ1) is 30.2. The molecule has 0 spiro atoms. The van der Waals surface area contributed by atoms with Crippen LogP contribution in [-0.4, -0.2) is 67.5 Å². The molecule has 0 saturated carbocycles. The molecule has 3 aromatic carbocycles. The Morgan fingerprint density at radius 3 is 1.42 bits per heavy atom. The van der Waals surface area contributed by atoms with Crippen LogP contribution in [-0.2, 0) is 32.6 Å². The van der Waals surface area contributed by atoms with Crippen molar-refractivity contribution >= 4 is 70.1 Å². The van der Waals surface area contributed by atoms with Crippen molar-refractivity contribution in [2.45, 2.75) is 116 Å². The highest BCUT2D eigenvalue weighted by atomic mass is 32.2. The van der Waals surface area contributed by atoms with Crippen LogP contribution in [0.5, 0.6) is 0 Å². The molecule has 0 fully saturated rings. The van der Waals surface area contributed by atoms with Crippen molar-refractivity contribution in [3.05, 3.63) is 81.9 Å². The lowest BCUT2D eigenvalue weighted by atomic mass is 9.85. The van der Waals surface area contributed by atoms with E-state index in [-0.39, 0.29) is 58.5 Å². The number of thioether (sulfide) groups is 1. The number of hydrogen-bond donors (Lipinski definition) is 10. The molecule has 0 radical (unpaired) electrons. The molecule has 0 aliphatic carbocycles. The van der Waals surface area contributed by atoms with Gasteiger partial charge in [0, 0.05) is 83.4 Å². The molecule has 16 nitrogen and oxygen atoms in total. The SMILES string of the molecule is CC(C)(C)c1cc(NC(=O)CCCCN=C(N)N)c(CCCCN)c(NC(=O)c2cccc(C(=O)Nc3cc(C(C)(C)C)cc(NC(=O)CCCCN=C(N)N)c3CSCCN)c2)c1. The average Bonchev–Trinajstić information content (AvgIpc) is 3.21. The van der Waals surface area contributed by atoms with E-state index in [1.807, 2.05) is 24.3 Å². The summed E-state index contributed by atoms with van der Waals surface area (Å²) in [4.78, 5) is 62.8. The Hall–Kier alpha value is -5.65. The number of hydrogen-bond acceptors (Lipinski definition) is 9. The van der Waals surface area contributed by atoms with Crippen LogP contribution in [0.2, 0.25) is 0 Å². The van der Waals surface area contributed by atoms with E-state index >= 15 is 0 Å². The number of nitrogens with two attached hydrogens (primary N) is 6. The molecule has 0 aliphatic rings. The van der Waals surface area contributed by atoms with E-state index in [0.717, 1.165) is 35.1 Å². The molecule has 0 unspecified atom stereocenters. The van der Waals surface area contributed by atoms with Gasteiger partial charge >= 0.3 is 0 Å². The fourth-order valence-electron chi connectivity index (χ4n) is 6.61. The van der Waals surface area contributed by atoms with Crippen LogP contribution in [0.25, 0.3) is 0 Å². The van der Waals surface area contributed by atoms with Crippen molar-refractivity contribution in [1.82, 2.24) is 0 Å². The zero-order valence-electron chi connectivity index (χ0n) is 38.6. The van der Waals surface area contributed by atoms with E-state index in [9.17, 15) is 19.2 Å². The van der Waals surface area contributed by atoms with E-state index in [1.165, 1.54) is 0 Å². The third-order valence-electron chi connectivity index (χ3n) is 10.3. The van der Waals surface area contributed by atoms with Gasteiger partial charge in [0.05, 0.1) is 0 Å². The number of benzene rings is 3. The first-order valence-electron chi connectivity index (χ1n) is 22.0. The van der Waals surface area contributed by atoms with Gasteiger partial charge in [0.1, 0.15) is 0 Å². The Kier molecular flexibility index (Phi) is 21.1. The standard InChI is InChI=1S/C47H72N12O4S/c1-46(2,3)32-25-36(56-40(60)17-8-11-21-54-44(50)51)34(16-7-10-19-48)37(26-32)58-42(62)30-14-13-15-31(24-30)43(63)59-39-28-33(47(4,5)6)27-38(35(39)29-64-23-20-49)57-41(61)18-9-12-22-55-45(52)53/h13-15,24-28H,7-12,16-23,29,48-49H2,1-6H3,(H,56,60)(H,57,61)(H,58,62)(H,59,63)(H4,50,51,54)(H4,52,53,55). The zero-order chi connectivity index (χ0) is 47.5. The number of carbonyl (C=O) groups excluding carboxylic acids is 4. The molecule has 0 saturated heterocycles. The van der Waals surface area contributed by atoms with Crippen LogP contribution >= 0.6 is 11.8 Å². The molecule has 3 rings (SSSR count). The maximum atomic E-state index is 14.2. The highest BCUT2D eigenvalue weighted by Crippen LogP contribution is 2.37. The van der Waals surface area contributed by atoms with Gasteiger partial charge in [0.15, 0.2) is 11.9 Å². The monoisotopic (exact) mass is 901 g/mol. The van der Waals surface area contributed by atoms with Gasteiger partial charge in [-0.05, 0) is 121 Å². The van der Waals surface area contributed by atoms with Crippen LogP contribution < -0.4 is 55.7 Å².